The van der Waals surface area contributed by atoms with E-state index in [0.717, 1.165) is 25.3 Å². The summed E-state index contributed by atoms with van der Waals surface area (Å²) >= 11 is 0. The third-order valence-electron chi connectivity index (χ3n) is 4.59. The van der Waals surface area contributed by atoms with Crippen molar-refractivity contribution in [2.75, 3.05) is 6.54 Å². The molecule has 0 bridgehead atoms. The number of likely N-dealkylation sites (tertiary alicyclic amines) is 1. The van der Waals surface area contributed by atoms with Gasteiger partial charge >= 0.3 is 0 Å². The van der Waals surface area contributed by atoms with Gasteiger partial charge in [0.05, 0.1) is 0 Å². The third-order valence-corrected chi connectivity index (χ3v) is 4.59. The summed E-state index contributed by atoms with van der Waals surface area (Å²) in [5.41, 5.74) is 0. The van der Waals surface area contributed by atoms with Gasteiger partial charge in [-0.25, -0.2) is 0 Å². The number of ketones is 1. The lowest BCUT2D eigenvalue weighted by Crippen LogP contribution is -2.49. The predicted molar refractivity (Wildman–Crippen MR) is 66.4 cm³/mol. The van der Waals surface area contributed by atoms with Gasteiger partial charge in [-0.3, -0.25) is 9.69 Å². The number of hydrogen-bond acceptors (Lipinski definition) is 2. The highest BCUT2D eigenvalue weighted by Crippen LogP contribution is 2.31. The van der Waals surface area contributed by atoms with E-state index >= 15 is 0 Å². The summed E-state index contributed by atoms with van der Waals surface area (Å²) in [4.78, 5) is 14.0. The SMILES string of the molecule is CC1CC(=O)CCN1C(C)C1CCCCC1. The number of nitrogens with zero attached hydrogens (tertiary/aromatic N) is 1. The Balaban J connectivity index is 1.92. The zero-order valence-corrected chi connectivity index (χ0v) is 10.7. The molecule has 2 unspecified atom stereocenters. The maximum atomic E-state index is 11.4. The lowest BCUT2D eigenvalue weighted by atomic mass is 9.82. The van der Waals surface area contributed by atoms with Crippen LogP contribution in [-0.2, 0) is 4.79 Å². The lowest BCUT2D eigenvalue weighted by molar-refractivity contribution is -0.124. The van der Waals surface area contributed by atoms with Crippen LogP contribution in [0.2, 0.25) is 0 Å². The Hall–Kier alpha value is -0.370. The molecule has 0 radical (unpaired) electrons. The van der Waals surface area contributed by atoms with Gasteiger partial charge < -0.3 is 0 Å². The molecular formula is C14H25NO. The zero-order valence-electron chi connectivity index (χ0n) is 10.7. The van der Waals surface area contributed by atoms with Crippen molar-refractivity contribution in [1.29, 1.82) is 0 Å². The number of rotatable bonds is 2. The summed E-state index contributed by atoms with van der Waals surface area (Å²) in [6, 6.07) is 1.15. The van der Waals surface area contributed by atoms with Crippen LogP contribution in [0, 0.1) is 5.92 Å². The highest BCUT2D eigenvalue weighted by molar-refractivity contribution is 5.79. The largest absolute Gasteiger partial charge is 0.300 e. The minimum Gasteiger partial charge on any atom is -0.300 e. The van der Waals surface area contributed by atoms with Gasteiger partial charge in [-0.05, 0) is 32.6 Å². The lowest BCUT2D eigenvalue weighted by Gasteiger charge is -2.42. The molecule has 0 aromatic carbocycles. The van der Waals surface area contributed by atoms with E-state index < -0.39 is 0 Å². The molecule has 1 aliphatic heterocycles. The van der Waals surface area contributed by atoms with Crippen LogP contribution >= 0.6 is 0 Å². The van der Waals surface area contributed by atoms with Gasteiger partial charge in [-0.15, -0.1) is 0 Å². The van der Waals surface area contributed by atoms with Gasteiger partial charge in [0.25, 0.3) is 0 Å². The molecule has 1 saturated heterocycles. The zero-order chi connectivity index (χ0) is 11.5. The maximum Gasteiger partial charge on any atom is 0.135 e. The molecule has 0 amide bonds. The Morgan fingerprint density at radius 2 is 1.94 bits per heavy atom. The molecule has 0 aromatic heterocycles. The summed E-state index contributed by atoms with van der Waals surface area (Å²) in [6.07, 6.45) is 8.61. The van der Waals surface area contributed by atoms with E-state index in [4.69, 9.17) is 0 Å². The molecule has 1 saturated carbocycles. The maximum absolute atomic E-state index is 11.4. The Morgan fingerprint density at radius 3 is 2.56 bits per heavy atom. The fraction of sp³-hybridized carbons (Fsp3) is 0.929. The van der Waals surface area contributed by atoms with Gasteiger partial charge in [0.2, 0.25) is 0 Å². The van der Waals surface area contributed by atoms with Crippen LogP contribution in [0.1, 0.15) is 58.8 Å². The Labute approximate surface area is 99.4 Å². The highest BCUT2D eigenvalue weighted by atomic mass is 16.1. The fourth-order valence-corrected chi connectivity index (χ4v) is 3.52. The van der Waals surface area contributed by atoms with E-state index in [0.29, 0.717) is 17.9 Å². The van der Waals surface area contributed by atoms with Crippen LogP contribution in [0.5, 0.6) is 0 Å². The molecule has 0 spiro atoms. The van der Waals surface area contributed by atoms with E-state index in [1.165, 1.54) is 32.1 Å². The molecule has 2 aliphatic rings. The quantitative estimate of drug-likeness (QED) is 0.717. The normalized spacial score (nSPS) is 31.6. The molecule has 2 fully saturated rings. The monoisotopic (exact) mass is 223 g/mol. The molecule has 0 N–H and O–H groups in total. The number of Topliss-reactive ketones (excluding diaryl/α,β-unsaturated/α-hetero) is 1. The summed E-state index contributed by atoms with van der Waals surface area (Å²) in [5.74, 6) is 1.34. The van der Waals surface area contributed by atoms with E-state index in [1.54, 1.807) is 0 Å². The molecule has 2 nitrogen and oxygen atoms in total. The minimum atomic E-state index is 0.458. The Bertz CT molecular complexity index is 245. The molecule has 2 atom stereocenters. The van der Waals surface area contributed by atoms with Crippen LogP contribution in [-0.4, -0.2) is 29.3 Å². The first-order chi connectivity index (χ1) is 7.68. The van der Waals surface area contributed by atoms with Crippen molar-refractivity contribution in [2.24, 2.45) is 5.92 Å². The van der Waals surface area contributed by atoms with Gasteiger partial charge in [0, 0.05) is 31.5 Å². The smallest absolute Gasteiger partial charge is 0.135 e. The molecule has 0 aromatic rings. The van der Waals surface area contributed by atoms with Crippen molar-refractivity contribution in [3.63, 3.8) is 0 Å². The van der Waals surface area contributed by atoms with Gasteiger partial charge in [-0.1, -0.05) is 19.3 Å². The number of carbonyl (C=O) groups is 1. The minimum absolute atomic E-state index is 0.458. The fourth-order valence-electron chi connectivity index (χ4n) is 3.52. The average Bonchev–Trinajstić information content (AvgIpc) is 2.29. The van der Waals surface area contributed by atoms with Gasteiger partial charge in [0.1, 0.15) is 5.78 Å². The second kappa shape index (κ2) is 5.31. The Morgan fingerprint density at radius 1 is 1.25 bits per heavy atom. The first kappa shape index (κ1) is 12.1. The van der Waals surface area contributed by atoms with E-state index in [1.807, 2.05) is 0 Å². The molecule has 2 heteroatoms. The molecule has 1 heterocycles. The first-order valence-electron chi connectivity index (χ1n) is 6.96. The van der Waals surface area contributed by atoms with Crippen molar-refractivity contribution < 1.29 is 4.79 Å². The second-order valence-corrected chi connectivity index (χ2v) is 5.72. The summed E-state index contributed by atoms with van der Waals surface area (Å²) in [6.45, 7) is 5.59. The van der Waals surface area contributed by atoms with Crippen molar-refractivity contribution in [3.8, 4) is 0 Å². The molecule has 92 valence electrons. The predicted octanol–water partition coefficient (Wildman–Crippen LogP) is 3.01. The van der Waals surface area contributed by atoms with Crippen LogP contribution in [0.15, 0.2) is 0 Å². The second-order valence-electron chi connectivity index (χ2n) is 5.72. The average molecular weight is 223 g/mol. The van der Waals surface area contributed by atoms with Crippen molar-refractivity contribution in [1.82, 2.24) is 4.90 Å². The standard InChI is InChI=1S/C14H25NO/c1-11-10-14(16)8-9-15(11)12(2)13-6-4-3-5-7-13/h11-13H,3-10H2,1-2H3. The topological polar surface area (TPSA) is 20.3 Å². The van der Waals surface area contributed by atoms with Crippen molar-refractivity contribution in [3.05, 3.63) is 0 Å². The van der Waals surface area contributed by atoms with Crippen LogP contribution < -0.4 is 0 Å². The van der Waals surface area contributed by atoms with Crippen LogP contribution in [0.25, 0.3) is 0 Å². The van der Waals surface area contributed by atoms with E-state index in [2.05, 4.69) is 18.7 Å². The molecular weight excluding hydrogens is 198 g/mol. The summed E-state index contributed by atoms with van der Waals surface area (Å²) in [7, 11) is 0. The van der Waals surface area contributed by atoms with Gasteiger partial charge in [0.15, 0.2) is 0 Å². The van der Waals surface area contributed by atoms with Crippen molar-refractivity contribution in [2.45, 2.75) is 70.9 Å². The summed E-state index contributed by atoms with van der Waals surface area (Å²) in [5, 5.41) is 0. The molecule has 2 rings (SSSR count). The van der Waals surface area contributed by atoms with E-state index in [9.17, 15) is 4.79 Å². The van der Waals surface area contributed by atoms with Gasteiger partial charge in [-0.2, -0.15) is 0 Å². The molecule has 16 heavy (non-hydrogen) atoms. The highest BCUT2D eigenvalue weighted by Gasteiger charge is 2.31. The van der Waals surface area contributed by atoms with E-state index in [-0.39, 0.29) is 0 Å². The Kier molecular flexibility index (Phi) is 4.01. The van der Waals surface area contributed by atoms with Crippen molar-refractivity contribution >= 4 is 5.78 Å². The third kappa shape index (κ3) is 2.65. The molecule has 1 aliphatic carbocycles. The number of carbonyl (C=O) groups excluding carboxylic acids is 1. The first-order valence-corrected chi connectivity index (χ1v) is 6.96. The number of hydrogen-bond donors (Lipinski definition) is 0. The summed E-state index contributed by atoms with van der Waals surface area (Å²) < 4.78 is 0. The number of piperidine rings is 1. The van der Waals surface area contributed by atoms with Crippen LogP contribution in [0.3, 0.4) is 0 Å². The van der Waals surface area contributed by atoms with Crippen LogP contribution in [0.4, 0.5) is 0 Å².